The first kappa shape index (κ1) is 11.9. The molecule has 90 valence electrons. The predicted molar refractivity (Wildman–Crippen MR) is 64.5 cm³/mol. The highest BCUT2D eigenvalue weighted by molar-refractivity contribution is 7.90. The summed E-state index contributed by atoms with van der Waals surface area (Å²) in [5, 5.41) is 4.09. The Bertz CT molecular complexity index is 664. The summed E-state index contributed by atoms with van der Waals surface area (Å²) < 4.78 is 27.9. The molecule has 0 aliphatic rings. The topological polar surface area (TPSA) is 86.2 Å². The second-order valence-electron chi connectivity index (χ2n) is 3.53. The van der Waals surface area contributed by atoms with Gasteiger partial charge in [0.25, 0.3) is 0 Å². The Morgan fingerprint density at radius 3 is 2.59 bits per heavy atom. The highest BCUT2D eigenvalue weighted by atomic mass is 35.5. The van der Waals surface area contributed by atoms with Gasteiger partial charge in [-0.15, -0.1) is 0 Å². The van der Waals surface area contributed by atoms with Gasteiger partial charge in [0.15, 0.2) is 9.84 Å². The van der Waals surface area contributed by atoms with Crippen molar-refractivity contribution in [3.63, 3.8) is 0 Å². The maximum absolute atomic E-state index is 11.6. The van der Waals surface area contributed by atoms with Crippen LogP contribution in [-0.2, 0) is 9.84 Å². The molecule has 0 fully saturated rings. The summed E-state index contributed by atoms with van der Waals surface area (Å²) in [6.45, 7) is 0. The van der Waals surface area contributed by atoms with Gasteiger partial charge in [0.2, 0.25) is 5.88 Å². The summed E-state index contributed by atoms with van der Waals surface area (Å²) in [5.74, 6) is 0.111. The normalized spacial score (nSPS) is 11.6. The van der Waals surface area contributed by atoms with E-state index in [1.807, 2.05) is 0 Å². The average molecular weight is 273 g/mol. The van der Waals surface area contributed by atoms with Gasteiger partial charge >= 0.3 is 0 Å². The minimum atomic E-state index is -3.37. The number of nitrogen functional groups attached to an aromatic ring is 1. The Labute approximate surface area is 103 Å². The molecule has 0 saturated carbocycles. The summed E-state index contributed by atoms with van der Waals surface area (Å²) in [7, 11) is -3.37. The molecule has 7 heteroatoms. The van der Waals surface area contributed by atoms with Crippen LogP contribution in [-0.4, -0.2) is 19.8 Å². The Kier molecular flexibility index (Phi) is 2.84. The van der Waals surface area contributed by atoms with Crippen LogP contribution in [0.5, 0.6) is 0 Å². The van der Waals surface area contributed by atoms with Crippen LogP contribution in [0.1, 0.15) is 0 Å². The molecule has 1 heterocycles. The third-order valence-electron chi connectivity index (χ3n) is 2.15. The number of anilines is 1. The first-order valence-corrected chi connectivity index (χ1v) is 6.87. The molecule has 0 spiro atoms. The number of aromatic nitrogens is 1. The van der Waals surface area contributed by atoms with Crippen LogP contribution in [0.15, 0.2) is 33.7 Å². The number of nitrogens with zero attached hydrogens (tertiary/aromatic N) is 1. The molecule has 1 aromatic heterocycles. The van der Waals surface area contributed by atoms with Crippen LogP contribution in [0.3, 0.4) is 0 Å². The van der Waals surface area contributed by atoms with Crippen molar-refractivity contribution in [2.45, 2.75) is 4.90 Å². The van der Waals surface area contributed by atoms with Crippen molar-refractivity contribution in [2.75, 3.05) is 12.0 Å². The lowest BCUT2D eigenvalue weighted by molar-refractivity contribution is 0.439. The Morgan fingerprint density at radius 2 is 2.06 bits per heavy atom. The molecule has 0 atom stereocenters. The van der Waals surface area contributed by atoms with Crippen molar-refractivity contribution in [3.8, 4) is 11.3 Å². The zero-order valence-corrected chi connectivity index (χ0v) is 10.4. The summed E-state index contributed by atoms with van der Waals surface area (Å²) in [4.78, 5) is 0.134. The molecule has 2 N–H and O–H groups in total. The Balaban J connectivity index is 2.71. The fourth-order valence-corrected chi connectivity index (χ4v) is 2.49. The molecule has 0 aliphatic carbocycles. The minimum absolute atomic E-state index is 0.111. The molecular weight excluding hydrogens is 264 g/mol. The van der Waals surface area contributed by atoms with Gasteiger partial charge in [0, 0.05) is 22.9 Å². The quantitative estimate of drug-likeness (QED) is 0.903. The van der Waals surface area contributed by atoms with E-state index in [4.69, 9.17) is 21.9 Å². The van der Waals surface area contributed by atoms with Crippen molar-refractivity contribution < 1.29 is 12.9 Å². The van der Waals surface area contributed by atoms with Crippen molar-refractivity contribution in [2.24, 2.45) is 0 Å². The molecule has 0 amide bonds. The van der Waals surface area contributed by atoms with Gasteiger partial charge in [-0.25, -0.2) is 8.42 Å². The summed E-state index contributed by atoms with van der Waals surface area (Å²) in [5.41, 5.74) is 6.12. The monoisotopic (exact) mass is 272 g/mol. The molecule has 0 radical (unpaired) electrons. The maximum atomic E-state index is 11.6. The standard InChI is InChI=1S/C10H9ClN2O3S/c1-17(14,15)9-3-2-6(11)4-7(9)8-5-10(12)16-13-8/h2-5H,12H2,1H3. The molecule has 0 aliphatic heterocycles. The zero-order chi connectivity index (χ0) is 12.6. The Hall–Kier alpha value is -1.53. The van der Waals surface area contributed by atoms with Gasteiger partial charge in [-0.2, -0.15) is 0 Å². The summed E-state index contributed by atoms with van der Waals surface area (Å²) in [6.07, 6.45) is 1.11. The number of sulfone groups is 1. The molecule has 17 heavy (non-hydrogen) atoms. The van der Waals surface area contributed by atoms with Gasteiger partial charge in [-0.05, 0) is 18.2 Å². The first-order chi connectivity index (χ1) is 7.88. The lowest BCUT2D eigenvalue weighted by atomic mass is 10.1. The van der Waals surface area contributed by atoms with Crippen LogP contribution in [0.2, 0.25) is 5.02 Å². The van der Waals surface area contributed by atoms with E-state index in [1.165, 1.54) is 24.3 Å². The number of nitrogens with two attached hydrogens (primary N) is 1. The number of benzene rings is 1. The SMILES string of the molecule is CS(=O)(=O)c1ccc(Cl)cc1-c1cc(N)on1. The van der Waals surface area contributed by atoms with Crippen LogP contribution < -0.4 is 5.73 Å². The van der Waals surface area contributed by atoms with Gasteiger partial charge in [-0.3, -0.25) is 0 Å². The molecule has 0 saturated heterocycles. The molecule has 0 unspecified atom stereocenters. The van der Waals surface area contributed by atoms with Crippen molar-refractivity contribution >= 4 is 27.3 Å². The highest BCUT2D eigenvalue weighted by Crippen LogP contribution is 2.30. The molecule has 2 rings (SSSR count). The third-order valence-corrected chi connectivity index (χ3v) is 3.54. The van der Waals surface area contributed by atoms with Crippen LogP contribution in [0.25, 0.3) is 11.3 Å². The number of hydrogen-bond acceptors (Lipinski definition) is 5. The third kappa shape index (κ3) is 2.42. The predicted octanol–water partition coefficient (Wildman–Crippen LogP) is 1.98. The molecule has 1 aromatic carbocycles. The molecule has 0 bridgehead atoms. The first-order valence-electron chi connectivity index (χ1n) is 4.60. The lowest BCUT2D eigenvalue weighted by Gasteiger charge is -2.05. The second kappa shape index (κ2) is 4.05. The molecule has 5 nitrogen and oxygen atoms in total. The molecule has 2 aromatic rings. The minimum Gasteiger partial charge on any atom is -0.368 e. The van der Waals surface area contributed by atoms with E-state index in [-0.39, 0.29) is 10.8 Å². The van der Waals surface area contributed by atoms with E-state index in [0.717, 1.165) is 6.26 Å². The summed E-state index contributed by atoms with van der Waals surface area (Å²) >= 11 is 5.84. The summed E-state index contributed by atoms with van der Waals surface area (Å²) in [6, 6.07) is 5.89. The van der Waals surface area contributed by atoms with Crippen molar-refractivity contribution in [1.29, 1.82) is 0 Å². The average Bonchev–Trinajstić information content (AvgIpc) is 2.62. The number of rotatable bonds is 2. The van der Waals surface area contributed by atoms with Crippen LogP contribution in [0.4, 0.5) is 5.88 Å². The van der Waals surface area contributed by atoms with E-state index in [1.54, 1.807) is 0 Å². The van der Waals surface area contributed by atoms with E-state index in [2.05, 4.69) is 5.16 Å². The van der Waals surface area contributed by atoms with Crippen LogP contribution in [0, 0.1) is 0 Å². The largest absolute Gasteiger partial charge is 0.368 e. The Morgan fingerprint density at radius 1 is 1.35 bits per heavy atom. The smallest absolute Gasteiger partial charge is 0.222 e. The van der Waals surface area contributed by atoms with E-state index >= 15 is 0 Å². The highest BCUT2D eigenvalue weighted by Gasteiger charge is 2.17. The van der Waals surface area contributed by atoms with Crippen molar-refractivity contribution in [1.82, 2.24) is 5.16 Å². The van der Waals surface area contributed by atoms with Gasteiger partial charge in [0.05, 0.1) is 4.90 Å². The van der Waals surface area contributed by atoms with Gasteiger partial charge in [0.1, 0.15) is 5.69 Å². The van der Waals surface area contributed by atoms with Crippen LogP contribution >= 0.6 is 11.6 Å². The van der Waals surface area contributed by atoms with Crippen molar-refractivity contribution in [3.05, 3.63) is 29.3 Å². The molecular formula is C10H9ClN2O3S. The van der Waals surface area contributed by atoms with Gasteiger partial charge in [-0.1, -0.05) is 16.8 Å². The van der Waals surface area contributed by atoms with E-state index < -0.39 is 9.84 Å². The van der Waals surface area contributed by atoms with E-state index in [0.29, 0.717) is 16.3 Å². The fraction of sp³-hybridized carbons (Fsp3) is 0.100. The fourth-order valence-electron chi connectivity index (χ4n) is 1.44. The zero-order valence-electron chi connectivity index (χ0n) is 8.84. The number of halogens is 1. The maximum Gasteiger partial charge on any atom is 0.222 e. The van der Waals surface area contributed by atoms with E-state index in [9.17, 15) is 8.42 Å². The second-order valence-corrected chi connectivity index (χ2v) is 5.95. The van der Waals surface area contributed by atoms with Gasteiger partial charge < -0.3 is 10.3 Å². The lowest BCUT2D eigenvalue weighted by Crippen LogP contribution is -1.99. The number of hydrogen-bond donors (Lipinski definition) is 1.